The number of nitrogens with one attached hydrogen (secondary N) is 1. The number of piperidine rings is 1. The number of carbonyl (C=O) groups excluding carboxylic acids is 1. The molecule has 27 heavy (non-hydrogen) atoms. The molecule has 2 aliphatic rings. The molecule has 144 valence electrons. The van der Waals surface area contributed by atoms with Crippen LogP contribution in [0.4, 0.5) is 5.69 Å². The smallest absolute Gasteiger partial charge is 0.253 e. The van der Waals surface area contributed by atoms with E-state index in [1.165, 1.54) is 18.5 Å². The first-order valence-electron chi connectivity index (χ1n) is 10.0. The number of aliphatic hydroxyl groups excluding tert-OH is 1. The minimum atomic E-state index is 0.0831. The number of hydrogen-bond acceptors (Lipinski definition) is 4. The van der Waals surface area contributed by atoms with Gasteiger partial charge in [0.05, 0.1) is 12.2 Å². The summed E-state index contributed by atoms with van der Waals surface area (Å²) >= 11 is 0. The zero-order chi connectivity index (χ0) is 18.6. The summed E-state index contributed by atoms with van der Waals surface area (Å²) in [5, 5.41) is 17.3. The van der Waals surface area contributed by atoms with Gasteiger partial charge in [0.2, 0.25) is 0 Å². The van der Waals surface area contributed by atoms with Gasteiger partial charge in [-0.2, -0.15) is 5.10 Å². The third-order valence-electron chi connectivity index (χ3n) is 5.73. The highest BCUT2D eigenvalue weighted by Crippen LogP contribution is 2.20. The van der Waals surface area contributed by atoms with Crippen molar-refractivity contribution < 1.29 is 9.90 Å². The van der Waals surface area contributed by atoms with Crippen LogP contribution in [0.25, 0.3) is 0 Å². The number of anilines is 1. The maximum absolute atomic E-state index is 12.6. The zero-order valence-electron chi connectivity index (χ0n) is 15.7. The van der Waals surface area contributed by atoms with Gasteiger partial charge >= 0.3 is 0 Å². The van der Waals surface area contributed by atoms with Crippen molar-refractivity contribution in [1.82, 2.24) is 14.7 Å². The molecule has 1 fully saturated rings. The summed E-state index contributed by atoms with van der Waals surface area (Å²) in [5.74, 6) is 0.425. The lowest BCUT2D eigenvalue weighted by atomic mass is 9.97. The van der Waals surface area contributed by atoms with Crippen molar-refractivity contribution in [3.8, 4) is 0 Å². The number of likely N-dealkylation sites (tertiary alicyclic amines) is 1. The molecule has 0 saturated carbocycles. The number of aromatic nitrogens is 2. The lowest BCUT2D eigenvalue weighted by Crippen LogP contribution is -2.39. The van der Waals surface area contributed by atoms with Crippen LogP contribution in [0.2, 0.25) is 0 Å². The van der Waals surface area contributed by atoms with Gasteiger partial charge in [0, 0.05) is 43.2 Å². The largest absolute Gasteiger partial charge is 0.396 e. The number of rotatable bonds is 5. The van der Waals surface area contributed by atoms with E-state index in [2.05, 4.69) is 21.2 Å². The van der Waals surface area contributed by atoms with Crippen molar-refractivity contribution in [2.75, 3.05) is 25.0 Å². The van der Waals surface area contributed by atoms with Crippen LogP contribution in [-0.4, -0.2) is 45.4 Å². The molecule has 2 N–H and O–H groups in total. The summed E-state index contributed by atoms with van der Waals surface area (Å²) in [6, 6.07) is 9.90. The van der Waals surface area contributed by atoms with Gasteiger partial charge in [0.25, 0.3) is 5.91 Å². The number of fused-ring (bicyclic) bond motifs is 1. The van der Waals surface area contributed by atoms with Crippen LogP contribution in [0.3, 0.4) is 0 Å². The minimum Gasteiger partial charge on any atom is -0.396 e. The van der Waals surface area contributed by atoms with E-state index in [9.17, 15) is 9.90 Å². The Bertz CT molecular complexity index is 752. The first-order chi connectivity index (χ1) is 13.2. The third-order valence-corrected chi connectivity index (χ3v) is 5.73. The van der Waals surface area contributed by atoms with E-state index in [0.29, 0.717) is 12.5 Å². The maximum Gasteiger partial charge on any atom is 0.253 e. The Labute approximate surface area is 160 Å². The van der Waals surface area contributed by atoms with Gasteiger partial charge in [-0.15, -0.1) is 0 Å². The highest BCUT2D eigenvalue weighted by atomic mass is 16.3. The molecule has 1 amide bonds. The Morgan fingerprint density at radius 2 is 1.93 bits per heavy atom. The van der Waals surface area contributed by atoms with Crippen LogP contribution < -0.4 is 5.32 Å². The monoisotopic (exact) mass is 368 g/mol. The SMILES string of the molecule is O=C(c1ccc(NCc2cc3n(n2)CCCC3)cc1)N1CCC(CO)CC1. The molecular weight excluding hydrogens is 340 g/mol. The van der Waals surface area contributed by atoms with Gasteiger partial charge in [0.15, 0.2) is 0 Å². The van der Waals surface area contributed by atoms with Crippen molar-refractivity contribution >= 4 is 11.6 Å². The van der Waals surface area contributed by atoms with Crippen LogP contribution in [0.15, 0.2) is 30.3 Å². The first-order valence-corrected chi connectivity index (χ1v) is 10.0. The van der Waals surface area contributed by atoms with Crippen molar-refractivity contribution in [2.24, 2.45) is 5.92 Å². The average molecular weight is 368 g/mol. The summed E-state index contributed by atoms with van der Waals surface area (Å²) in [4.78, 5) is 14.5. The standard InChI is InChI=1S/C21H28N4O2/c26-15-16-8-11-24(12-9-16)21(27)17-4-6-18(7-5-17)22-14-19-13-20-3-1-2-10-25(20)23-19/h4-7,13,16,22,26H,1-3,8-12,14-15H2. The molecule has 4 rings (SSSR count). The van der Waals surface area contributed by atoms with Crippen molar-refractivity contribution in [2.45, 2.75) is 45.2 Å². The zero-order valence-corrected chi connectivity index (χ0v) is 15.7. The molecule has 0 unspecified atom stereocenters. The lowest BCUT2D eigenvalue weighted by molar-refractivity contribution is 0.0651. The second-order valence-corrected chi connectivity index (χ2v) is 7.66. The predicted octanol–water partition coefficient (Wildman–Crippen LogP) is 2.68. The quantitative estimate of drug-likeness (QED) is 0.851. The molecule has 2 aromatic rings. The number of benzene rings is 1. The van der Waals surface area contributed by atoms with Crippen molar-refractivity contribution in [1.29, 1.82) is 0 Å². The molecule has 3 heterocycles. The second-order valence-electron chi connectivity index (χ2n) is 7.66. The molecule has 6 nitrogen and oxygen atoms in total. The number of amides is 1. The summed E-state index contributed by atoms with van der Waals surface area (Å²) in [5.41, 5.74) is 4.12. The molecule has 2 aliphatic heterocycles. The molecular formula is C21H28N4O2. The number of carbonyl (C=O) groups is 1. The molecule has 1 aromatic carbocycles. The molecule has 0 radical (unpaired) electrons. The van der Waals surface area contributed by atoms with Gasteiger partial charge in [-0.05, 0) is 68.4 Å². The highest BCUT2D eigenvalue weighted by Gasteiger charge is 2.23. The molecule has 1 aromatic heterocycles. The molecule has 0 spiro atoms. The van der Waals surface area contributed by atoms with E-state index in [4.69, 9.17) is 0 Å². The topological polar surface area (TPSA) is 70.4 Å². The van der Waals surface area contributed by atoms with E-state index >= 15 is 0 Å². The maximum atomic E-state index is 12.6. The summed E-state index contributed by atoms with van der Waals surface area (Å²) in [6.07, 6.45) is 5.37. The average Bonchev–Trinajstić information content (AvgIpc) is 3.15. The van der Waals surface area contributed by atoms with Gasteiger partial charge in [-0.3, -0.25) is 9.48 Å². The van der Waals surface area contributed by atoms with E-state index in [1.807, 2.05) is 29.2 Å². The van der Waals surface area contributed by atoms with Crippen molar-refractivity contribution in [3.63, 3.8) is 0 Å². The summed E-state index contributed by atoms with van der Waals surface area (Å²) in [6.45, 7) is 3.41. The van der Waals surface area contributed by atoms with Crippen LogP contribution >= 0.6 is 0 Å². The van der Waals surface area contributed by atoms with Crippen molar-refractivity contribution in [3.05, 3.63) is 47.3 Å². The van der Waals surface area contributed by atoms with E-state index in [0.717, 1.165) is 55.8 Å². The number of aryl methyl sites for hydroxylation is 2. The lowest BCUT2D eigenvalue weighted by Gasteiger charge is -2.31. The number of hydrogen-bond donors (Lipinski definition) is 2. The van der Waals surface area contributed by atoms with Gasteiger partial charge < -0.3 is 15.3 Å². The fraction of sp³-hybridized carbons (Fsp3) is 0.524. The Kier molecular flexibility index (Phi) is 5.43. The van der Waals surface area contributed by atoms with Gasteiger partial charge in [0.1, 0.15) is 0 Å². The Morgan fingerprint density at radius 3 is 2.63 bits per heavy atom. The Morgan fingerprint density at radius 1 is 1.15 bits per heavy atom. The number of nitrogens with zero attached hydrogens (tertiary/aromatic N) is 3. The van der Waals surface area contributed by atoms with Gasteiger partial charge in [-0.25, -0.2) is 0 Å². The van der Waals surface area contributed by atoms with Crippen LogP contribution in [0.5, 0.6) is 0 Å². The van der Waals surface area contributed by atoms with Crippen LogP contribution in [0.1, 0.15) is 47.4 Å². The Balaban J connectivity index is 1.32. The van der Waals surface area contributed by atoms with Crippen LogP contribution in [0, 0.1) is 5.92 Å². The minimum absolute atomic E-state index is 0.0831. The summed E-state index contributed by atoms with van der Waals surface area (Å²) < 4.78 is 2.13. The fourth-order valence-electron chi connectivity index (χ4n) is 3.99. The van der Waals surface area contributed by atoms with E-state index in [-0.39, 0.29) is 12.5 Å². The fourth-order valence-corrected chi connectivity index (χ4v) is 3.99. The van der Waals surface area contributed by atoms with Crippen LogP contribution in [-0.2, 0) is 19.5 Å². The molecule has 0 bridgehead atoms. The third kappa shape index (κ3) is 4.16. The second kappa shape index (κ2) is 8.13. The van der Waals surface area contributed by atoms with Gasteiger partial charge in [-0.1, -0.05) is 0 Å². The predicted molar refractivity (Wildman–Crippen MR) is 105 cm³/mol. The molecule has 1 saturated heterocycles. The molecule has 0 atom stereocenters. The first kappa shape index (κ1) is 18.0. The number of aliphatic hydroxyl groups is 1. The van der Waals surface area contributed by atoms with E-state index < -0.39 is 0 Å². The molecule has 0 aliphatic carbocycles. The summed E-state index contributed by atoms with van der Waals surface area (Å²) in [7, 11) is 0. The Hall–Kier alpha value is -2.34. The highest BCUT2D eigenvalue weighted by molar-refractivity contribution is 5.94. The van der Waals surface area contributed by atoms with E-state index in [1.54, 1.807) is 0 Å². The normalized spacial score (nSPS) is 17.6. The molecule has 6 heteroatoms.